The summed E-state index contributed by atoms with van der Waals surface area (Å²) >= 11 is 0. The lowest BCUT2D eigenvalue weighted by Gasteiger charge is -2.37. The first-order valence-corrected chi connectivity index (χ1v) is 22.5. The zero-order valence-electron chi connectivity index (χ0n) is 37.4. The average Bonchev–Trinajstić information content (AvgIpc) is 3.36. The Morgan fingerprint density at radius 2 is 0.692 bits per heavy atom. The van der Waals surface area contributed by atoms with Crippen molar-refractivity contribution >= 4 is 11.4 Å². The Hall–Kier alpha value is -7.81. The SMILES string of the molecule is Cc1cc(C)c(CN=C(/C=C(\N)c2cccc(C(c3ccccc3)(c3ccccc3)c3ccccc3)c2)c2cccc(C(c3ccccc3)(c3ccccc3)c3ccccc3)c2)c(C)c1. The van der Waals surface area contributed by atoms with Gasteiger partial charge in [0.15, 0.2) is 0 Å². The van der Waals surface area contributed by atoms with Gasteiger partial charge in [-0.25, -0.2) is 0 Å². The minimum absolute atomic E-state index is 0.516. The average molecular weight is 839 g/mol. The van der Waals surface area contributed by atoms with Gasteiger partial charge in [0, 0.05) is 11.3 Å². The third-order valence-electron chi connectivity index (χ3n) is 13.0. The molecule has 0 aliphatic rings. The van der Waals surface area contributed by atoms with E-state index in [9.17, 15) is 0 Å². The maximum absolute atomic E-state index is 7.39. The van der Waals surface area contributed by atoms with E-state index in [-0.39, 0.29) is 0 Å². The highest BCUT2D eigenvalue weighted by Crippen LogP contribution is 2.47. The van der Waals surface area contributed by atoms with E-state index in [0.717, 1.165) is 28.0 Å². The lowest BCUT2D eigenvalue weighted by molar-refractivity contribution is 0.744. The van der Waals surface area contributed by atoms with Crippen LogP contribution < -0.4 is 5.73 Å². The molecule has 2 heteroatoms. The summed E-state index contributed by atoms with van der Waals surface area (Å²) < 4.78 is 0. The highest BCUT2D eigenvalue weighted by molar-refractivity contribution is 6.12. The summed E-state index contributed by atoms with van der Waals surface area (Å²) in [7, 11) is 0. The van der Waals surface area contributed by atoms with Crippen molar-refractivity contribution < 1.29 is 0 Å². The van der Waals surface area contributed by atoms with Gasteiger partial charge in [-0.15, -0.1) is 0 Å². The lowest BCUT2D eigenvalue weighted by atomic mass is 9.65. The fraction of sp³-hybridized carbons (Fsp3) is 0.0952. The third kappa shape index (κ3) is 8.28. The second-order valence-electron chi connectivity index (χ2n) is 17.0. The predicted octanol–water partition coefficient (Wildman–Crippen LogP) is 14.4. The summed E-state index contributed by atoms with van der Waals surface area (Å²) in [5, 5.41) is 0. The fourth-order valence-electron chi connectivity index (χ4n) is 10.0. The number of hydrogen-bond acceptors (Lipinski definition) is 2. The van der Waals surface area contributed by atoms with Crippen molar-refractivity contribution in [3.8, 4) is 0 Å². The zero-order valence-corrected chi connectivity index (χ0v) is 37.4. The van der Waals surface area contributed by atoms with E-state index in [1.807, 2.05) is 0 Å². The van der Waals surface area contributed by atoms with E-state index >= 15 is 0 Å². The molecule has 0 fully saturated rings. The molecule has 316 valence electrons. The molecule has 9 rings (SSSR count). The topological polar surface area (TPSA) is 38.4 Å². The van der Waals surface area contributed by atoms with Gasteiger partial charge in [0.1, 0.15) is 0 Å². The molecule has 0 bridgehead atoms. The Kier molecular flexibility index (Phi) is 12.3. The van der Waals surface area contributed by atoms with Gasteiger partial charge in [0.05, 0.1) is 23.1 Å². The van der Waals surface area contributed by atoms with Crippen molar-refractivity contribution in [1.29, 1.82) is 0 Å². The smallest absolute Gasteiger partial charge is 0.0701 e. The molecule has 0 unspecified atom stereocenters. The first-order valence-electron chi connectivity index (χ1n) is 22.5. The molecule has 0 aromatic heterocycles. The van der Waals surface area contributed by atoms with E-state index in [1.165, 1.54) is 55.6 Å². The molecule has 0 aliphatic heterocycles. The van der Waals surface area contributed by atoms with Crippen molar-refractivity contribution in [2.24, 2.45) is 10.7 Å². The quantitative estimate of drug-likeness (QED) is 0.0912. The number of rotatable bonds is 13. The molecule has 2 N–H and O–H groups in total. The van der Waals surface area contributed by atoms with Gasteiger partial charge < -0.3 is 5.73 Å². The normalized spacial score (nSPS) is 12.2. The largest absolute Gasteiger partial charge is 0.398 e. The molecule has 65 heavy (non-hydrogen) atoms. The van der Waals surface area contributed by atoms with Crippen LogP contribution in [-0.2, 0) is 17.4 Å². The molecule has 0 spiro atoms. The molecular formula is C63H54N2. The van der Waals surface area contributed by atoms with Crippen LogP contribution in [0.5, 0.6) is 0 Å². The van der Waals surface area contributed by atoms with Crippen molar-refractivity contribution in [3.05, 3.63) is 327 Å². The van der Waals surface area contributed by atoms with Gasteiger partial charge in [0.25, 0.3) is 0 Å². The van der Waals surface area contributed by atoms with Crippen molar-refractivity contribution in [2.45, 2.75) is 38.1 Å². The summed E-state index contributed by atoms with van der Waals surface area (Å²) in [5.41, 5.74) is 23.8. The van der Waals surface area contributed by atoms with E-state index < -0.39 is 10.8 Å². The van der Waals surface area contributed by atoms with Crippen molar-refractivity contribution in [3.63, 3.8) is 0 Å². The molecule has 0 heterocycles. The number of aryl methyl sites for hydroxylation is 3. The van der Waals surface area contributed by atoms with Crippen LogP contribution in [0.1, 0.15) is 77.9 Å². The van der Waals surface area contributed by atoms with Gasteiger partial charge in [-0.3, -0.25) is 4.99 Å². The van der Waals surface area contributed by atoms with Gasteiger partial charge in [-0.05, 0) is 106 Å². The summed E-state index contributed by atoms with van der Waals surface area (Å²) in [4.78, 5) is 5.50. The van der Waals surface area contributed by atoms with Gasteiger partial charge in [-0.2, -0.15) is 0 Å². The molecular weight excluding hydrogens is 785 g/mol. The van der Waals surface area contributed by atoms with Crippen LogP contribution in [0.15, 0.2) is 254 Å². The van der Waals surface area contributed by atoms with Crippen molar-refractivity contribution in [2.75, 3.05) is 0 Å². The fourth-order valence-corrected chi connectivity index (χ4v) is 10.0. The van der Waals surface area contributed by atoms with E-state index in [0.29, 0.717) is 12.2 Å². The van der Waals surface area contributed by atoms with Crippen LogP contribution >= 0.6 is 0 Å². The maximum Gasteiger partial charge on any atom is 0.0701 e. The number of benzene rings is 9. The zero-order chi connectivity index (χ0) is 44.6. The molecule has 0 saturated carbocycles. The molecule has 0 saturated heterocycles. The highest BCUT2D eigenvalue weighted by Gasteiger charge is 2.40. The number of aliphatic imine (C=N–C) groups is 1. The van der Waals surface area contributed by atoms with E-state index in [4.69, 9.17) is 10.7 Å². The van der Waals surface area contributed by atoms with E-state index in [2.05, 4.69) is 270 Å². The van der Waals surface area contributed by atoms with E-state index in [1.54, 1.807) is 0 Å². The number of hydrogen-bond donors (Lipinski definition) is 1. The monoisotopic (exact) mass is 838 g/mol. The Morgan fingerprint density at radius 1 is 0.385 bits per heavy atom. The second-order valence-corrected chi connectivity index (χ2v) is 17.0. The van der Waals surface area contributed by atoms with Gasteiger partial charge >= 0.3 is 0 Å². The van der Waals surface area contributed by atoms with Crippen LogP contribution in [0.3, 0.4) is 0 Å². The maximum atomic E-state index is 7.39. The summed E-state index contributed by atoms with van der Waals surface area (Å²) in [5.74, 6) is 0. The Morgan fingerprint density at radius 3 is 1.05 bits per heavy atom. The lowest BCUT2D eigenvalue weighted by Crippen LogP contribution is -2.31. The third-order valence-corrected chi connectivity index (χ3v) is 13.0. The first kappa shape index (κ1) is 42.5. The molecule has 0 amide bonds. The van der Waals surface area contributed by atoms with Gasteiger partial charge in [-0.1, -0.05) is 236 Å². The molecule has 2 nitrogen and oxygen atoms in total. The standard InChI is InChI=1S/C63H54N2/c1-46-40-47(2)59(48(3)41-46)45-65-61(50-25-23-39-58(43-50)63(54-32-16-7-17-33-54,55-34-18-8-19-35-55)56-36-20-9-21-37-56)44-60(64)49-24-22-38-57(42-49)62(51-26-10-4-11-27-51,52-28-12-5-13-29-52)53-30-14-6-15-31-53/h4-44H,45,64H2,1-3H3/b60-44-,65-61?. The van der Waals surface area contributed by atoms with Crippen LogP contribution in [0.2, 0.25) is 0 Å². The minimum atomic E-state index is -0.617. The molecule has 9 aromatic rings. The molecule has 0 aliphatic carbocycles. The van der Waals surface area contributed by atoms with Gasteiger partial charge in [0.2, 0.25) is 0 Å². The van der Waals surface area contributed by atoms with Crippen LogP contribution in [0.4, 0.5) is 0 Å². The Balaban J connectivity index is 1.25. The summed E-state index contributed by atoms with van der Waals surface area (Å²) in [6.45, 7) is 7.05. The number of nitrogens with zero attached hydrogens (tertiary/aromatic N) is 1. The van der Waals surface area contributed by atoms with Crippen LogP contribution in [0.25, 0.3) is 5.70 Å². The molecule has 0 radical (unpaired) electrons. The van der Waals surface area contributed by atoms with Crippen LogP contribution in [-0.4, -0.2) is 5.71 Å². The molecule has 0 atom stereocenters. The molecule has 9 aromatic carbocycles. The highest BCUT2D eigenvalue weighted by atomic mass is 14.7. The van der Waals surface area contributed by atoms with Crippen molar-refractivity contribution in [1.82, 2.24) is 0 Å². The summed E-state index contributed by atoms with van der Waals surface area (Å²) in [6.07, 6.45) is 2.08. The van der Waals surface area contributed by atoms with Crippen LogP contribution in [0, 0.1) is 20.8 Å². The summed E-state index contributed by atoms with van der Waals surface area (Å²) in [6, 6.07) is 87.2. The number of nitrogens with two attached hydrogens (primary N) is 1. The predicted molar refractivity (Wildman–Crippen MR) is 273 cm³/mol. The Labute approximate surface area is 385 Å². The number of allylic oxidation sites excluding steroid dienone is 1. The Bertz CT molecular complexity index is 2850. The first-order chi connectivity index (χ1) is 31.9. The second kappa shape index (κ2) is 18.9. The minimum Gasteiger partial charge on any atom is -0.398 e.